The molecule has 3 nitrogen and oxygen atoms in total. The first kappa shape index (κ1) is 9.40. The van der Waals surface area contributed by atoms with Gasteiger partial charge in [-0.05, 0) is 18.6 Å². The van der Waals surface area contributed by atoms with Crippen LogP contribution in [0, 0.1) is 6.92 Å². The van der Waals surface area contributed by atoms with E-state index in [4.69, 9.17) is 0 Å². The second-order valence-electron chi connectivity index (χ2n) is 3.07. The van der Waals surface area contributed by atoms with Gasteiger partial charge >= 0.3 is 0 Å². The summed E-state index contributed by atoms with van der Waals surface area (Å²) in [5.74, 6) is 0. The minimum absolute atomic E-state index is 0.777. The Labute approximate surface area is 90.9 Å². The van der Waals surface area contributed by atoms with Gasteiger partial charge in [0.15, 0.2) is 0 Å². The minimum Gasteiger partial charge on any atom is -0.304 e. The number of hydrogen-bond donors (Lipinski definition) is 0. The van der Waals surface area contributed by atoms with Gasteiger partial charge in [-0.2, -0.15) is 0 Å². The molecule has 0 amide bonds. The fourth-order valence-corrected chi connectivity index (χ4v) is 1.58. The first-order valence-electron chi connectivity index (χ1n) is 4.31. The highest BCUT2D eigenvalue weighted by Gasteiger charge is 2.01. The van der Waals surface area contributed by atoms with Gasteiger partial charge in [0, 0.05) is 17.7 Å². The minimum atomic E-state index is 0.777. The lowest BCUT2D eigenvalue weighted by Crippen LogP contribution is -1.94. The van der Waals surface area contributed by atoms with Crippen LogP contribution < -0.4 is 0 Å². The highest BCUT2D eigenvalue weighted by Crippen LogP contribution is 2.13. The van der Waals surface area contributed by atoms with Gasteiger partial charge in [-0.3, -0.25) is 4.98 Å². The maximum absolute atomic E-state index is 4.24. The molecule has 0 radical (unpaired) electrons. The second-order valence-corrected chi connectivity index (χ2v) is 3.63. The predicted octanol–water partition coefficient (Wildman–Crippen LogP) is 2.47. The molecule has 2 aromatic rings. The molecule has 0 aliphatic heterocycles. The predicted molar refractivity (Wildman–Crippen MR) is 58.7 cm³/mol. The smallest absolute Gasteiger partial charge is 0.0996 e. The fraction of sp³-hybridized carbons (Fsp3) is 0.200. The van der Waals surface area contributed by atoms with E-state index in [0.717, 1.165) is 16.7 Å². The van der Waals surface area contributed by atoms with E-state index in [1.807, 2.05) is 23.0 Å². The van der Waals surface area contributed by atoms with E-state index >= 15 is 0 Å². The van der Waals surface area contributed by atoms with Crippen molar-refractivity contribution in [2.75, 3.05) is 0 Å². The van der Waals surface area contributed by atoms with Crippen molar-refractivity contribution in [3.8, 4) is 5.69 Å². The molecule has 0 aromatic carbocycles. The van der Waals surface area contributed by atoms with Gasteiger partial charge < -0.3 is 4.57 Å². The molecule has 0 saturated heterocycles. The largest absolute Gasteiger partial charge is 0.304 e. The molecule has 0 N–H and O–H groups in total. The zero-order valence-electron chi connectivity index (χ0n) is 7.81. The van der Waals surface area contributed by atoms with E-state index < -0.39 is 0 Å². The molecule has 72 valence electrons. The SMILES string of the molecule is Cc1ccncc1-n1cnc(CBr)c1. The van der Waals surface area contributed by atoms with Crippen LogP contribution >= 0.6 is 15.9 Å². The molecule has 14 heavy (non-hydrogen) atoms. The van der Waals surface area contributed by atoms with E-state index in [0.29, 0.717) is 0 Å². The Morgan fingerprint density at radius 3 is 3.00 bits per heavy atom. The maximum Gasteiger partial charge on any atom is 0.0996 e. The van der Waals surface area contributed by atoms with Crippen LogP contribution in [0.15, 0.2) is 31.0 Å². The van der Waals surface area contributed by atoms with E-state index in [-0.39, 0.29) is 0 Å². The van der Waals surface area contributed by atoms with Crippen LogP contribution in [0.4, 0.5) is 0 Å². The van der Waals surface area contributed by atoms with E-state index in [1.165, 1.54) is 5.56 Å². The van der Waals surface area contributed by atoms with Gasteiger partial charge in [0.05, 0.1) is 23.9 Å². The highest BCUT2D eigenvalue weighted by atomic mass is 79.9. The van der Waals surface area contributed by atoms with Crippen molar-refractivity contribution >= 4 is 15.9 Å². The summed E-state index contributed by atoms with van der Waals surface area (Å²) >= 11 is 3.37. The van der Waals surface area contributed by atoms with Crippen LogP contribution in [0.25, 0.3) is 5.69 Å². The molecule has 0 bridgehead atoms. The number of pyridine rings is 1. The number of alkyl halides is 1. The summed E-state index contributed by atoms with van der Waals surface area (Å²) in [7, 11) is 0. The first-order chi connectivity index (χ1) is 6.81. The van der Waals surface area contributed by atoms with Gasteiger partial charge in [-0.15, -0.1) is 0 Å². The summed E-state index contributed by atoms with van der Waals surface area (Å²) in [5, 5.41) is 0.777. The number of rotatable bonds is 2. The number of halogens is 1. The summed E-state index contributed by atoms with van der Waals surface area (Å²) in [4.78, 5) is 8.34. The maximum atomic E-state index is 4.24. The Balaban J connectivity index is 2.44. The van der Waals surface area contributed by atoms with Gasteiger partial charge in [0.1, 0.15) is 0 Å². The number of aromatic nitrogens is 3. The Kier molecular flexibility index (Phi) is 2.63. The third-order valence-corrected chi connectivity index (χ3v) is 2.64. The lowest BCUT2D eigenvalue weighted by Gasteiger charge is -2.03. The lowest BCUT2D eigenvalue weighted by atomic mass is 10.2. The fourth-order valence-electron chi connectivity index (χ4n) is 1.29. The van der Waals surface area contributed by atoms with E-state index in [2.05, 4.69) is 32.8 Å². The number of aryl methyl sites for hydroxylation is 1. The molecule has 2 heterocycles. The van der Waals surface area contributed by atoms with Crippen molar-refractivity contribution < 1.29 is 0 Å². The normalized spacial score (nSPS) is 10.4. The average molecular weight is 252 g/mol. The topological polar surface area (TPSA) is 30.7 Å². The molecule has 2 aromatic heterocycles. The average Bonchev–Trinajstić information content (AvgIpc) is 2.67. The number of imidazole rings is 1. The van der Waals surface area contributed by atoms with Crippen LogP contribution in [0.1, 0.15) is 11.3 Å². The summed E-state index contributed by atoms with van der Waals surface area (Å²) in [6, 6.07) is 1.99. The summed E-state index contributed by atoms with van der Waals surface area (Å²) < 4.78 is 1.99. The van der Waals surface area contributed by atoms with Gasteiger partial charge in [0.25, 0.3) is 0 Å². The molecular formula is C10H10BrN3. The molecule has 0 atom stereocenters. The van der Waals surface area contributed by atoms with Gasteiger partial charge in [0.2, 0.25) is 0 Å². The molecule has 0 unspecified atom stereocenters. The van der Waals surface area contributed by atoms with Gasteiger partial charge in [-0.1, -0.05) is 15.9 Å². The molecule has 0 saturated carbocycles. The molecular weight excluding hydrogens is 242 g/mol. The van der Waals surface area contributed by atoms with Crippen LogP contribution in [0.5, 0.6) is 0 Å². The van der Waals surface area contributed by atoms with Crippen LogP contribution in [0.3, 0.4) is 0 Å². The van der Waals surface area contributed by atoms with Crippen LogP contribution in [-0.4, -0.2) is 14.5 Å². The van der Waals surface area contributed by atoms with E-state index in [9.17, 15) is 0 Å². The Morgan fingerprint density at radius 1 is 1.50 bits per heavy atom. The van der Waals surface area contributed by atoms with Crippen molar-refractivity contribution in [1.82, 2.24) is 14.5 Å². The second kappa shape index (κ2) is 3.92. The Hall–Kier alpha value is -1.16. The van der Waals surface area contributed by atoms with E-state index in [1.54, 1.807) is 12.5 Å². The van der Waals surface area contributed by atoms with Crippen LogP contribution in [-0.2, 0) is 5.33 Å². The van der Waals surface area contributed by atoms with Crippen molar-refractivity contribution in [3.63, 3.8) is 0 Å². The van der Waals surface area contributed by atoms with Crippen molar-refractivity contribution in [1.29, 1.82) is 0 Å². The molecule has 2 rings (SSSR count). The molecule has 0 aliphatic carbocycles. The molecule has 0 spiro atoms. The lowest BCUT2D eigenvalue weighted by molar-refractivity contribution is 1.02. The third-order valence-electron chi connectivity index (χ3n) is 2.06. The van der Waals surface area contributed by atoms with Crippen molar-refractivity contribution in [3.05, 3.63) is 42.2 Å². The highest BCUT2D eigenvalue weighted by molar-refractivity contribution is 9.08. The number of hydrogen-bond acceptors (Lipinski definition) is 2. The molecule has 0 fully saturated rings. The number of nitrogens with zero attached hydrogens (tertiary/aromatic N) is 3. The zero-order chi connectivity index (χ0) is 9.97. The standard InChI is InChI=1S/C10H10BrN3/c1-8-2-3-12-5-10(8)14-6-9(4-11)13-7-14/h2-3,5-7H,4H2,1H3. The zero-order valence-corrected chi connectivity index (χ0v) is 9.40. The van der Waals surface area contributed by atoms with Crippen LogP contribution in [0.2, 0.25) is 0 Å². The quantitative estimate of drug-likeness (QED) is 0.768. The third kappa shape index (κ3) is 1.70. The van der Waals surface area contributed by atoms with Gasteiger partial charge in [-0.25, -0.2) is 4.98 Å². The van der Waals surface area contributed by atoms with Crippen molar-refractivity contribution in [2.45, 2.75) is 12.3 Å². The summed E-state index contributed by atoms with van der Waals surface area (Å²) in [6.45, 7) is 2.06. The Bertz CT molecular complexity index is 436. The Morgan fingerprint density at radius 2 is 2.36 bits per heavy atom. The summed E-state index contributed by atoms with van der Waals surface area (Å²) in [5.41, 5.74) is 3.29. The summed E-state index contributed by atoms with van der Waals surface area (Å²) in [6.07, 6.45) is 7.44. The molecule has 4 heteroatoms. The first-order valence-corrected chi connectivity index (χ1v) is 5.43. The monoisotopic (exact) mass is 251 g/mol. The van der Waals surface area contributed by atoms with Crippen molar-refractivity contribution in [2.24, 2.45) is 0 Å². The molecule has 0 aliphatic rings.